The van der Waals surface area contributed by atoms with Gasteiger partial charge in [-0.05, 0) is 24.1 Å². The monoisotopic (exact) mass is 258 g/mol. The highest BCUT2D eigenvalue weighted by molar-refractivity contribution is 7.15. The SMILES string of the molecule is Cc1cnccc1CNCc1cn2ccsc2n1. The van der Waals surface area contributed by atoms with Crippen LogP contribution in [-0.4, -0.2) is 14.4 Å². The van der Waals surface area contributed by atoms with Crippen LogP contribution in [0, 0.1) is 6.92 Å². The van der Waals surface area contributed by atoms with Crippen molar-refractivity contribution < 1.29 is 0 Å². The van der Waals surface area contributed by atoms with Crippen molar-refractivity contribution in [1.82, 2.24) is 19.7 Å². The molecule has 0 saturated carbocycles. The fourth-order valence-electron chi connectivity index (χ4n) is 1.89. The second-order valence-corrected chi connectivity index (χ2v) is 5.10. The van der Waals surface area contributed by atoms with Gasteiger partial charge in [-0.2, -0.15) is 0 Å². The Balaban J connectivity index is 1.62. The third-order valence-electron chi connectivity index (χ3n) is 2.90. The van der Waals surface area contributed by atoms with Gasteiger partial charge in [0.2, 0.25) is 0 Å². The first kappa shape index (κ1) is 11.4. The molecule has 3 heterocycles. The fraction of sp³-hybridized carbons (Fsp3) is 0.231. The van der Waals surface area contributed by atoms with E-state index >= 15 is 0 Å². The van der Waals surface area contributed by atoms with Gasteiger partial charge in [0.15, 0.2) is 4.96 Å². The Hall–Kier alpha value is -1.72. The number of thiazole rings is 1. The van der Waals surface area contributed by atoms with Crippen LogP contribution in [0.4, 0.5) is 0 Å². The van der Waals surface area contributed by atoms with Crippen molar-refractivity contribution in [2.75, 3.05) is 0 Å². The Morgan fingerprint density at radius 1 is 1.39 bits per heavy atom. The lowest BCUT2D eigenvalue weighted by Crippen LogP contribution is -2.13. The number of nitrogens with one attached hydrogen (secondary N) is 1. The van der Waals surface area contributed by atoms with Crippen LogP contribution in [0.1, 0.15) is 16.8 Å². The van der Waals surface area contributed by atoms with Crippen molar-refractivity contribution in [2.45, 2.75) is 20.0 Å². The molecular weight excluding hydrogens is 244 g/mol. The summed E-state index contributed by atoms with van der Waals surface area (Å²) in [5, 5.41) is 5.45. The van der Waals surface area contributed by atoms with Gasteiger partial charge in [-0.3, -0.25) is 9.38 Å². The zero-order valence-corrected chi connectivity index (χ0v) is 10.9. The van der Waals surface area contributed by atoms with E-state index in [-0.39, 0.29) is 0 Å². The van der Waals surface area contributed by atoms with Crippen LogP contribution < -0.4 is 5.32 Å². The predicted molar refractivity (Wildman–Crippen MR) is 72.6 cm³/mol. The van der Waals surface area contributed by atoms with Crippen molar-refractivity contribution in [2.24, 2.45) is 0 Å². The number of fused-ring (bicyclic) bond motifs is 1. The Morgan fingerprint density at radius 3 is 3.17 bits per heavy atom. The molecule has 4 nitrogen and oxygen atoms in total. The van der Waals surface area contributed by atoms with Crippen LogP contribution in [0.15, 0.2) is 36.2 Å². The molecule has 0 amide bonds. The van der Waals surface area contributed by atoms with Gasteiger partial charge in [0.1, 0.15) is 0 Å². The van der Waals surface area contributed by atoms with Crippen LogP contribution in [0.25, 0.3) is 4.96 Å². The maximum atomic E-state index is 4.53. The van der Waals surface area contributed by atoms with Crippen LogP contribution in [0.5, 0.6) is 0 Å². The van der Waals surface area contributed by atoms with Crippen LogP contribution >= 0.6 is 11.3 Å². The lowest BCUT2D eigenvalue weighted by molar-refractivity contribution is 0.679. The Kier molecular flexibility index (Phi) is 3.08. The summed E-state index contributed by atoms with van der Waals surface area (Å²) in [5.74, 6) is 0. The molecule has 3 aromatic rings. The number of hydrogen-bond acceptors (Lipinski definition) is 4. The molecule has 92 valence electrons. The largest absolute Gasteiger partial charge is 0.307 e. The molecule has 0 aliphatic carbocycles. The van der Waals surface area contributed by atoms with Crippen LogP contribution in [0.2, 0.25) is 0 Å². The number of rotatable bonds is 4. The van der Waals surface area contributed by atoms with Crippen molar-refractivity contribution in [3.8, 4) is 0 Å². The van der Waals surface area contributed by atoms with E-state index in [1.165, 1.54) is 11.1 Å². The minimum Gasteiger partial charge on any atom is -0.307 e. The maximum absolute atomic E-state index is 4.53. The molecule has 3 aromatic heterocycles. The normalized spacial score (nSPS) is 11.2. The molecule has 0 unspecified atom stereocenters. The van der Waals surface area contributed by atoms with Crippen molar-refractivity contribution in [3.05, 3.63) is 53.1 Å². The summed E-state index contributed by atoms with van der Waals surface area (Å²) in [7, 11) is 0. The van der Waals surface area contributed by atoms with Gasteiger partial charge in [0.05, 0.1) is 5.69 Å². The van der Waals surface area contributed by atoms with E-state index in [1.54, 1.807) is 11.3 Å². The third kappa shape index (κ3) is 2.27. The molecule has 0 bridgehead atoms. The predicted octanol–water partition coefficient (Wildman–Crippen LogP) is 2.39. The van der Waals surface area contributed by atoms with Crippen LogP contribution in [0.3, 0.4) is 0 Å². The summed E-state index contributed by atoms with van der Waals surface area (Å²) in [4.78, 5) is 9.67. The molecule has 0 aliphatic heterocycles. The first-order valence-electron chi connectivity index (χ1n) is 5.84. The molecule has 0 aromatic carbocycles. The van der Waals surface area contributed by atoms with Gasteiger partial charge in [-0.15, -0.1) is 11.3 Å². The zero-order chi connectivity index (χ0) is 12.4. The zero-order valence-electron chi connectivity index (χ0n) is 10.1. The lowest BCUT2D eigenvalue weighted by Gasteiger charge is -2.05. The molecule has 3 rings (SSSR count). The van der Waals surface area contributed by atoms with E-state index in [9.17, 15) is 0 Å². The molecule has 0 radical (unpaired) electrons. The van der Waals surface area contributed by atoms with E-state index < -0.39 is 0 Å². The summed E-state index contributed by atoms with van der Waals surface area (Å²) in [6.07, 6.45) is 7.82. The van der Waals surface area contributed by atoms with Gasteiger partial charge in [-0.25, -0.2) is 4.98 Å². The number of pyridine rings is 1. The van der Waals surface area contributed by atoms with Crippen molar-refractivity contribution in [3.63, 3.8) is 0 Å². The number of hydrogen-bond donors (Lipinski definition) is 1. The van der Waals surface area contributed by atoms with E-state index in [4.69, 9.17) is 0 Å². The second kappa shape index (κ2) is 4.88. The second-order valence-electron chi connectivity index (χ2n) is 4.23. The summed E-state index contributed by atoms with van der Waals surface area (Å²) in [6.45, 7) is 3.71. The number of aryl methyl sites for hydroxylation is 1. The van der Waals surface area contributed by atoms with Gasteiger partial charge in [-0.1, -0.05) is 0 Å². The Morgan fingerprint density at radius 2 is 2.33 bits per heavy atom. The minimum absolute atomic E-state index is 0.788. The summed E-state index contributed by atoms with van der Waals surface area (Å²) in [6, 6.07) is 2.05. The van der Waals surface area contributed by atoms with Gasteiger partial charge < -0.3 is 5.32 Å². The molecule has 1 N–H and O–H groups in total. The number of nitrogens with zero attached hydrogens (tertiary/aromatic N) is 3. The Labute approximate surface area is 109 Å². The van der Waals surface area contributed by atoms with Crippen LogP contribution in [-0.2, 0) is 13.1 Å². The van der Waals surface area contributed by atoms with Crippen molar-refractivity contribution in [1.29, 1.82) is 0 Å². The molecule has 0 spiro atoms. The highest BCUT2D eigenvalue weighted by atomic mass is 32.1. The van der Waals surface area contributed by atoms with Crippen molar-refractivity contribution >= 4 is 16.3 Å². The van der Waals surface area contributed by atoms with E-state index in [0.717, 1.165) is 23.7 Å². The molecule has 0 aliphatic rings. The standard InChI is InChI=1S/C13H14N4S/c1-10-6-14-3-2-11(10)7-15-8-12-9-17-4-5-18-13(17)16-12/h2-6,9,15H,7-8H2,1H3. The van der Waals surface area contributed by atoms with Gasteiger partial charge in [0.25, 0.3) is 0 Å². The highest BCUT2D eigenvalue weighted by Gasteiger charge is 2.02. The quantitative estimate of drug-likeness (QED) is 0.781. The average Bonchev–Trinajstić information content (AvgIpc) is 2.92. The third-order valence-corrected chi connectivity index (χ3v) is 3.67. The highest BCUT2D eigenvalue weighted by Crippen LogP contribution is 2.11. The molecular formula is C13H14N4S. The maximum Gasteiger partial charge on any atom is 0.193 e. The molecule has 0 atom stereocenters. The van der Waals surface area contributed by atoms with Gasteiger partial charge >= 0.3 is 0 Å². The number of aromatic nitrogens is 3. The van der Waals surface area contributed by atoms with Gasteiger partial charge in [0, 0.05) is 43.3 Å². The Bertz CT molecular complexity index is 627. The summed E-state index contributed by atoms with van der Waals surface area (Å²) in [5.41, 5.74) is 3.58. The molecule has 0 fully saturated rings. The topological polar surface area (TPSA) is 42.2 Å². The lowest BCUT2D eigenvalue weighted by atomic mass is 10.1. The fourth-order valence-corrected chi connectivity index (χ4v) is 2.61. The first-order chi connectivity index (χ1) is 8.83. The van der Waals surface area contributed by atoms with E-state index in [1.807, 2.05) is 30.0 Å². The molecule has 0 saturated heterocycles. The summed E-state index contributed by atoms with van der Waals surface area (Å²) >= 11 is 1.66. The smallest absolute Gasteiger partial charge is 0.193 e. The summed E-state index contributed by atoms with van der Waals surface area (Å²) < 4.78 is 2.05. The van der Waals surface area contributed by atoms with E-state index in [2.05, 4.69) is 32.8 Å². The average molecular weight is 258 g/mol. The molecule has 18 heavy (non-hydrogen) atoms. The first-order valence-corrected chi connectivity index (χ1v) is 6.72. The molecule has 5 heteroatoms. The number of imidazole rings is 1. The minimum atomic E-state index is 0.788. The van der Waals surface area contributed by atoms with E-state index in [0.29, 0.717) is 0 Å².